The van der Waals surface area contributed by atoms with Crippen LogP contribution in [-0.4, -0.2) is 67.5 Å². The first-order chi connectivity index (χ1) is 21.7. The van der Waals surface area contributed by atoms with Crippen molar-refractivity contribution in [3.63, 3.8) is 0 Å². The summed E-state index contributed by atoms with van der Waals surface area (Å²) in [5.74, 6) is 0. The molecule has 9 nitrogen and oxygen atoms in total. The quantitative estimate of drug-likeness (QED) is 0.258. The van der Waals surface area contributed by atoms with Gasteiger partial charge < -0.3 is 23.9 Å². The average Bonchev–Trinajstić information content (AvgIpc) is 3.71. The topological polar surface area (TPSA) is 107 Å². The molecule has 0 radical (unpaired) electrons. The van der Waals surface area contributed by atoms with Gasteiger partial charge in [0.25, 0.3) is 8.32 Å². The molecule has 1 saturated heterocycles. The third-order valence-corrected chi connectivity index (χ3v) is 14.1. The van der Waals surface area contributed by atoms with E-state index in [2.05, 4.69) is 82.8 Å². The molecule has 0 aliphatic carbocycles. The van der Waals surface area contributed by atoms with Gasteiger partial charge in [0.2, 0.25) is 0 Å². The number of rotatable bonds is 7. The highest BCUT2D eigenvalue weighted by molar-refractivity contribution is 6.99. The van der Waals surface area contributed by atoms with Crippen molar-refractivity contribution in [3.05, 3.63) is 104 Å². The van der Waals surface area contributed by atoms with E-state index in [9.17, 15) is 10.2 Å². The number of aliphatic hydroxyl groups is 2. The van der Waals surface area contributed by atoms with Gasteiger partial charge in [-0.25, -0.2) is 15.0 Å². The monoisotopic (exact) mass is 619 g/mol. The zero-order valence-corrected chi connectivity index (χ0v) is 26.8. The molecule has 0 bridgehead atoms. The lowest BCUT2D eigenvalue weighted by Gasteiger charge is -2.43. The number of para-hydroxylation sites is 1. The number of hydrogen-bond donors (Lipinski definition) is 2. The van der Waals surface area contributed by atoms with Crippen molar-refractivity contribution < 1.29 is 19.4 Å². The lowest BCUT2D eigenvalue weighted by molar-refractivity contribution is -0.0486. The Hall–Kier alpha value is -4.19. The highest BCUT2D eigenvalue weighted by Gasteiger charge is 2.52. The van der Waals surface area contributed by atoms with Crippen LogP contribution in [0.3, 0.4) is 0 Å². The zero-order valence-electron chi connectivity index (χ0n) is 25.8. The van der Waals surface area contributed by atoms with Crippen LogP contribution >= 0.6 is 0 Å². The molecular weight excluding hydrogens is 583 g/mol. The van der Waals surface area contributed by atoms with Crippen LogP contribution in [-0.2, 0) is 16.2 Å². The van der Waals surface area contributed by atoms with Gasteiger partial charge in [-0.15, -0.1) is 0 Å². The number of aliphatic hydroxyl groups excluding tert-OH is 2. The molecule has 230 valence electrons. The molecule has 2 N–H and O–H groups in total. The van der Waals surface area contributed by atoms with Gasteiger partial charge >= 0.3 is 0 Å². The SMILES string of the molecule is Cn1c(-c2ncnc3c2ncn3[C@@H]2O[C@H](CO[Si](c3ccccc3)(c3ccccc3)C(C)(C)C)[C@@H](O)[C@H]2O)cc2ccccc21. The molecule has 6 aromatic rings. The standard InChI is InChI=1S/C35H37N5O4Si/c1-35(2,3)45(24-14-7-5-8-15-24,25-16-9-6-10-17-25)43-20-28-31(41)32(42)34(44-28)40-22-38-30-29(36-21-37-33(30)40)27-19-23-13-11-12-18-26(23)39(27)4/h5-19,21-22,28,31-32,34,41-42H,20H2,1-4H3/t28-,31-,32-,34-/m1/s1. The number of imidazole rings is 1. The van der Waals surface area contributed by atoms with Gasteiger partial charge in [-0.1, -0.05) is 99.6 Å². The largest absolute Gasteiger partial charge is 0.405 e. The van der Waals surface area contributed by atoms with E-state index >= 15 is 0 Å². The number of nitrogens with zero attached hydrogens (tertiary/aromatic N) is 5. The minimum Gasteiger partial charge on any atom is -0.405 e. The average molecular weight is 620 g/mol. The van der Waals surface area contributed by atoms with Crippen molar-refractivity contribution in [3.8, 4) is 11.4 Å². The van der Waals surface area contributed by atoms with Crippen LogP contribution in [0.4, 0.5) is 0 Å². The first-order valence-electron chi connectivity index (χ1n) is 15.2. The van der Waals surface area contributed by atoms with Gasteiger partial charge in [-0.3, -0.25) is 4.57 Å². The summed E-state index contributed by atoms with van der Waals surface area (Å²) in [7, 11) is -0.881. The Labute approximate surface area is 262 Å². The van der Waals surface area contributed by atoms with Crippen molar-refractivity contribution in [2.24, 2.45) is 7.05 Å². The minimum atomic E-state index is -2.88. The fourth-order valence-corrected chi connectivity index (χ4v) is 11.4. The van der Waals surface area contributed by atoms with Gasteiger partial charge in [-0.2, -0.15) is 0 Å². The highest BCUT2D eigenvalue weighted by atomic mass is 28.4. The van der Waals surface area contributed by atoms with Gasteiger partial charge in [-0.05, 0) is 27.5 Å². The van der Waals surface area contributed by atoms with Crippen molar-refractivity contribution in [2.45, 2.75) is 50.3 Å². The summed E-state index contributed by atoms with van der Waals surface area (Å²) in [5.41, 5.74) is 3.76. The number of ether oxygens (including phenoxy) is 1. The second kappa shape index (κ2) is 11.3. The molecular formula is C35H37N5O4Si. The molecule has 0 saturated carbocycles. The molecule has 3 aromatic heterocycles. The van der Waals surface area contributed by atoms with Gasteiger partial charge in [0, 0.05) is 18.0 Å². The Morgan fingerprint density at radius 2 is 1.49 bits per heavy atom. The molecule has 0 spiro atoms. The summed E-state index contributed by atoms with van der Waals surface area (Å²) in [6.45, 7) is 6.71. The predicted molar refractivity (Wildman–Crippen MR) is 177 cm³/mol. The third-order valence-electron chi connectivity index (χ3n) is 9.05. The normalized spacial score (nSPS) is 20.8. The van der Waals surface area contributed by atoms with Crippen molar-refractivity contribution in [2.75, 3.05) is 6.61 Å². The van der Waals surface area contributed by atoms with Crippen LogP contribution in [0.2, 0.25) is 5.04 Å². The van der Waals surface area contributed by atoms with E-state index < -0.39 is 32.9 Å². The fraction of sp³-hybridized carbons (Fsp3) is 0.286. The molecule has 1 aliphatic rings. The van der Waals surface area contributed by atoms with E-state index in [0.717, 1.165) is 27.0 Å². The second-order valence-electron chi connectivity index (χ2n) is 12.7. The minimum absolute atomic E-state index is 0.102. The molecule has 3 aromatic carbocycles. The van der Waals surface area contributed by atoms with Crippen molar-refractivity contribution >= 4 is 40.8 Å². The molecule has 1 fully saturated rings. The zero-order chi connectivity index (χ0) is 31.3. The lowest BCUT2D eigenvalue weighted by Crippen LogP contribution is -2.67. The summed E-state index contributed by atoms with van der Waals surface area (Å²) in [6, 6.07) is 30.9. The van der Waals surface area contributed by atoms with Gasteiger partial charge in [0.1, 0.15) is 35.8 Å². The Kier molecular flexibility index (Phi) is 7.42. The Morgan fingerprint density at radius 1 is 0.844 bits per heavy atom. The summed E-state index contributed by atoms with van der Waals surface area (Å²) in [4.78, 5) is 13.8. The Morgan fingerprint density at radius 3 is 2.13 bits per heavy atom. The molecule has 10 heteroatoms. The lowest BCUT2D eigenvalue weighted by atomic mass is 10.1. The van der Waals surface area contributed by atoms with Crippen LogP contribution in [0.1, 0.15) is 27.0 Å². The molecule has 4 atom stereocenters. The van der Waals surface area contributed by atoms with Gasteiger partial charge in [0.15, 0.2) is 11.9 Å². The molecule has 7 rings (SSSR count). The molecule has 0 unspecified atom stereocenters. The van der Waals surface area contributed by atoms with E-state index in [0.29, 0.717) is 16.9 Å². The smallest absolute Gasteiger partial charge is 0.261 e. The summed E-state index contributed by atoms with van der Waals surface area (Å²) in [5, 5.41) is 25.7. The van der Waals surface area contributed by atoms with Crippen LogP contribution in [0.15, 0.2) is 104 Å². The van der Waals surface area contributed by atoms with Crippen LogP contribution < -0.4 is 10.4 Å². The van der Waals surface area contributed by atoms with Gasteiger partial charge in [0.05, 0.1) is 18.6 Å². The van der Waals surface area contributed by atoms with E-state index in [1.54, 1.807) is 10.9 Å². The second-order valence-corrected chi connectivity index (χ2v) is 17.0. The van der Waals surface area contributed by atoms with Crippen LogP contribution in [0.25, 0.3) is 33.5 Å². The molecule has 4 heterocycles. The van der Waals surface area contributed by atoms with E-state index in [1.807, 2.05) is 55.6 Å². The molecule has 0 amide bonds. The molecule has 45 heavy (non-hydrogen) atoms. The van der Waals surface area contributed by atoms with Crippen molar-refractivity contribution in [1.82, 2.24) is 24.1 Å². The number of hydrogen-bond acceptors (Lipinski definition) is 7. The summed E-state index contributed by atoms with van der Waals surface area (Å²) < 4.78 is 17.2. The Bertz CT molecular complexity index is 1910. The van der Waals surface area contributed by atoms with Crippen molar-refractivity contribution in [1.29, 1.82) is 0 Å². The first kappa shape index (κ1) is 29.5. The maximum Gasteiger partial charge on any atom is 0.261 e. The van der Waals surface area contributed by atoms with E-state index in [1.165, 1.54) is 6.33 Å². The van der Waals surface area contributed by atoms with Crippen LogP contribution in [0.5, 0.6) is 0 Å². The first-order valence-corrected chi connectivity index (χ1v) is 17.1. The van der Waals surface area contributed by atoms with E-state index in [-0.39, 0.29) is 11.6 Å². The third kappa shape index (κ3) is 4.81. The maximum atomic E-state index is 11.3. The summed E-state index contributed by atoms with van der Waals surface area (Å²) >= 11 is 0. The Balaban J connectivity index is 1.21. The number of benzene rings is 3. The number of fused-ring (bicyclic) bond motifs is 2. The number of aryl methyl sites for hydroxylation is 1. The highest BCUT2D eigenvalue weighted by Crippen LogP contribution is 2.39. The fourth-order valence-electron chi connectivity index (χ4n) is 6.81. The number of aromatic nitrogens is 5. The maximum absolute atomic E-state index is 11.3. The predicted octanol–water partition coefficient (Wildman–Crippen LogP) is 4.18. The van der Waals surface area contributed by atoms with E-state index in [4.69, 9.17) is 9.16 Å². The molecule has 1 aliphatic heterocycles. The van der Waals surface area contributed by atoms with Crippen LogP contribution in [0, 0.1) is 0 Å². The summed E-state index contributed by atoms with van der Waals surface area (Å²) in [6.07, 6.45) is -0.986.